The number of anilines is 3. The average Bonchev–Trinajstić information content (AvgIpc) is 3.06. The second-order valence-corrected chi connectivity index (χ2v) is 9.48. The van der Waals surface area contributed by atoms with Gasteiger partial charge in [0, 0.05) is 64.1 Å². The Bertz CT molecular complexity index is 1440. The third-order valence-corrected chi connectivity index (χ3v) is 7.22. The topological polar surface area (TPSA) is 100 Å². The van der Waals surface area contributed by atoms with Crippen molar-refractivity contribution in [1.29, 1.82) is 0 Å². The van der Waals surface area contributed by atoms with Gasteiger partial charge in [-0.05, 0) is 37.2 Å². The molecule has 0 aliphatic carbocycles. The Morgan fingerprint density at radius 3 is 2.43 bits per heavy atom. The fourth-order valence-electron chi connectivity index (χ4n) is 5.08. The van der Waals surface area contributed by atoms with Crippen LogP contribution in [0.15, 0.2) is 58.1 Å². The van der Waals surface area contributed by atoms with Crippen molar-refractivity contribution in [2.45, 2.75) is 13.0 Å². The molecule has 0 bridgehead atoms. The van der Waals surface area contributed by atoms with Crippen LogP contribution >= 0.6 is 0 Å². The van der Waals surface area contributed by atoms with Crippen molar-refractivity contribution in [3.63, 3.8) is 0 Å². The zero-order chi connectivity index (χ0) is 26.1. The molecule has 1 saturated heterocycles. The highest BCUT2D eigenvalue weighted by molar-refractivity contribution is 5.90. The van der Waals surface area contributed by atoms with E-state index < -0.39 is 5.97 Å². The first-order chi connectivity index (χ1) is 17.8. The normalized spacial score (nSPS) is 15.5. The molecule has 3 aromatic rings. The number of ether oxygens (including phenoxy) is 1. The van der Waals surface area contributed by atoms with Crippen LogP contribution in [0.1, 0.15) is 22.3 Å². The van der Waals surface area contributed by atoms with Gasteiger partial charge in [0.2, 0.25) is 0 Å². The quantitative estimate of drug-likeness (QED) is 0.543. The van der Waals surface area contributed by atoms with E-state index in [9.17, 15) is 19.5 Å². The highest BCUT2D eigenvalue weighted by atomic mass is 16.5. The fraction of sp³-hybridized carbons (Fsp3) is 0.370. The number of nitrogens with zero attached hydrogens (tertiary/aromatic N) is 5. The van der Waals surface area contributed by atoms with Crippen LogP contribution in [0.25, 0.3) is 0 Å². The van der Waals surface area contributed by atoms with Crippen LogP contribution in [-0.4, -0.2) is 64.4 Å². The molecule has 10 heteroatoms. The summed E-state index contributed by atoms with van der Waals surface area (Å²) in [5.41, 5.74) is 2.38. The molecule has 0 spiro atoms. The van der Waals surface area contributed by atoms with E-state index in [2.05, 4.69) is 14.7 Å². The van der Waals surface area contributed by atoms with Crippen molar-refractivity contribution in [3.05, 3.63) is 80.5 Å². The summed E-state index contributed by atoms with van der Waals surface area (Å²) in [6, 6.07) is 14.6. The molecular formula is C27H31N5O5. The van der Waals surface area contributed by atoms with Gasteiger partial charge in [-0.3, -0.25) is 18.8 Å². The largest absolute Gasteiger partial charge is 0.487 e. The number of para-hydroxylation sites is 2. The van der Waals surface area contributed by atoms with Crippen LogP contribution in [0.4, 0.5) is 17.2 Å². The van der Waals surface area contributed by atoms with E-state index in [4.69, 9.17) is 4.74 Å². The standard InChI is InChI=1S/C27H31N5O5/c1-28-24(17-25(33)29(2)27(28)36)31-14-12-30(13-15-31)10-5-11-32-21-6-3-4-7-23(21)37-18-20-9-8-19(26(34)35)16-22(20)32/h3-4,6-9,16-17H,5,10-15,18H2,1-2H3,(H,34,35). The second-order valence-electron chi connectivity index (χ2n) is 9.48. The predicted octanol–water partition coefficient (Wildman–Crippen LogP) is 2.03. The highest BCUT2D eigenvalue weighted by Gasteiger charge is 2.24. The Kier molecular flexibility index (Phi) is 6.75. The summed E-state index contributed by atoms with van der Waals surface area (Å²) in [5, 5.41) is 9.55. The summed E-state index contributed by atoms with van der Waals surface area (Å²) in [4.78, 5) is 42.7. The maximum Gasteiger partial charge on any atom is 0.335 e. The lowest BCUT2D eigenvalue weighted by Gasteiger charge is -2.37. The highest BCUT2D eigenvalue weighted by Crippen LogP contribution is 2.39. The third kappa shape index (κ3) is 4.84. The zero-order valence-corrected chi connectivity index (χ0v) is 21.1. The lowest BCUT2D eigenvalue weighted by atomic mass is 10.1. The Balaban J connectivity index is 1.27. The van der Waals surface area contributed by atoms with Crippen molar-refractivity contribution >= 4 is 23.2 Å². The number of carbonyl (C=O) groups is 1. The minimum atomic E-state index is -0.951. The maximum atomic E-state index is 12.3. The second kappa shape index (κ2) is 10.1. The van der Waals surface area contributed by atoms with Gasteiger partial charge in [0.15, 0.2) is 0 Å². The van der Waals surface area contributed by atoms with E-state index >= 15 is 0 Å². The molecule has 3 heterocycles. The van der Waals surface area contributed by atoms with Gasteiger partial charge in [0.25, 0.3) is 5.56 Å². The van der Waals surface area contributed by atoms with Gasteiger partial charge in [-0.2, -0.15) is 0 Å². The molecule has 1 fully saturated rings. The molecule has 194 valence electrons. The van der Waals surface area contributed by atoms with Gasteiger partial charge in [0.05, 0.1) is 11.3 Å². The fourth-order valence-corrected chi connectivity index (χ4v) is 5.08. The number of hydrogen-bond donors (Lipinski definition) is 1. The molecule has 0 atom stereocenters. The van der Waals surface area contributed by atoms with Gasteiger partial charge in [-0.15, -0.1) is 0 Å². The number of carboxylic acid groups (broad SMARTS) is 1. The Labute approximate surface area is 214 Å². The van der Waals surface area contributed by atoms with E-state index in [0.717, 1.165) is 66.4 Å². The number of piperazine rings is 1. The monoisotopic (exact) mass is 505 g/mol. The van der Waals surface area contributed by atoms with Crippen LogP contribution in [0.2, 0.25) is 0 Å². The number of carboxylic acids is 1. The van der Waals surface area contributed by atoms with Crippen LogP contribution in [-0.2, 0) is 20.7 Å². The molecular weight excluding hydrogens is 474 g/mol. The molecule has 0 unspecified atom stereocenters. The van der Waals surface area contributed by atoms with E-state index in [1.165, 1.54) is 17.7 Å². The summed E-state index contributed by atoms with van der Waals surface area (Å²) >= 11 is 0. The first-order valence-corrected chi connectivity index (χ1v) is 12.4. The van der Waals surface area contributed by atoms with E-state index in [1.807, 2.05) is 30.3 Å². The van der Waals surface area contributed by atoms with Crippen LogP contribution in [0.5, 0.6) is 5.75 Å². The van der Waals surface area contributed by atoms with Gasteiger partial charge in [-0.1, -0.05) is 18.2 Å². The number of fused-ring (bicyclic) bond motifs is 2. The Morgan fingerprint density at radius 2 is 1.68 bits per heavy atom. The Hall–Kier alpha value is -4.05. The molecule has 1 aromatic heterocycles. The van der Waals surface area contributed by atoms with Crippen molar-refractivity contribution < 1.29 is 14.6 Å². The van der Waals surface area contributed by atoms with E-state index in [0.29, 0.717) is 19.0 Å². The smallest absolute Gasteiger partial charge is 0.335 e. The van der Waals surface area contributed by atoms with Crippen molar-refractivity contribution in [1.82, 2.24) is 14.0 Å². The SMILES string of the molecule is Cn1c(N2CCN(CCCN3c4cc(C(=O)O)ccc4COc4ccccc43)CC2)cc(=O)n(C)c1=O. The molecule has 5 rings (SSSR count). The minimum absolute atomic E-state index is 0.254. The zero-order valence-electron chi connectivity index (χ0n) is 21.1. The van der Waals surface area contributed by atoms with Crippen LogP contribution in [0, 0.1) is 0 Å². The summed E-state index contributed by atoms with van der Waals surface area (Å²) in [6.07, 6.45) is 0.870. The maximum absolute atomic E-state index is 12.3. The molecule has 37 heavy (non-hydrogen) atoms. The van der Waals surface area contributed by atoms with Gasteiger partial charge < -0.3 is 19.6 Å². The molecule has 2 aromatic carbocycles. The van der Waals surface area contributed by atoms with Gasteiger partial charge >= 0.3 is 11.7 Å². The third-order valence-electron chi connectivity index (χ3n) is 7.22. The summed E-state index contributed by atoms with van der Waals surface area (Å²) < 4.78 is 8.68. The molecule has 10 nitrogen and oxygen atoms in total. The summed E-state index contributed by atoms with van der Waals surface area (Å²) in [6.45, 7) is 5.06. The molecule has 0 saturated carbocycles. The first-order valence-electron chi connectivity index (χ1n) is 12.4. The van der Waals surface area contributed by atoms with Crippen LogP contribution < -0.4 is 25.8 Å². The van der Waals surface area contributed by atoms with Gasteiger partial charge in [-0.25, -0.2) is 9.59 Å². The molecule has 0 amide bonds. The number of aromatic carboxylic acids is 1. The summed E-state index contributed by atoms with van der Waals surface area (Å²) in [5.74, 6) is 0.483. The van der Waals surface area contributed by atoms with Crippen molar-refractivity contribution in [2.24, 2.45) is 14.1 Å². The first kappa shape index (κ1) is 24.6. The Morgan fingerprint density at radius 1 is 0.919 bits per heavy atom. The van der Waals surface area contributed by atoms with Gasteiger partial charge in [0.1, 0.15) is 18.2 Å². The number of rotatable bonds is 6. The van der Waals surface area contributed by atoms with Crippen molar-refractivity contribution in [2.75, 3.05) is 49.1 Å². The molecule has 0 radical (unpaired) electrons. The van der Waals surface area contributed by atoms with E-state index in [-0.39, 0.29) is 16.8 Å². The summed E-state index contributed by atoms with van der Waals surface area (Å²) in [7, 11) is 3.18. The van der Waals surface area contributed by atoms with Crippen molar-refractivity contribution in [3.8, 4) is 5.75 Å². The number of hydrogen-bond acceptors (Lipinski definition) is 7. The predicted molar refractivity (Wildman–Crippen MR) is 141 cm³/mol. The minimum Gasteiger partial charge on any atom is -0.487 e. The average molecular weight is 506 g/mol. The van der Waals surface area contributed by atoms with E-state index in [1.54, 1.807) is 19.2 Å². The number of aromatic nitrogens is 2. The number of benzene rings is 2. The van der Waals surface area contributed by atoms with Crippen LogP contribution in [0.3, 0.4) is 0 Å². The molecule has 2 aliphatic heterocycles. The lowest BCUT2D eigenvalue weighted by Crippen LogP contribution is -2.49. The molecule has 2 aliphatic rings. The lowest BCUT2D eigenvalue weighted by molar-refractivity contribution is 0.0697. The molecule has 1 N–H and O–H groups in total.